The number of fused-ring (bicyclic) bond motifs is 1. The largest absolute Gasteiger partial charge is 0.507 e. The molecule has 0 saturated carbocycles. The maximum atomic E-state index is 13.1. The highest BCUT2D eigenvalue weighted by Gasteiger charge is 2.49. The zero-order chi connectivity index (χ0) is 21.5. The normalized spacial score (nSPS) is 18.2. The number of aliphatic hydroxyl groups excluding tert-OH is 1. The Labute approximate surface area is 182 Å². The molecule has 1 aliphatic rings. The number of nitrogens with zero attached hydrogens (tertiary/aromatic N) is 2. The van der Waals surface area contributed by atoms with E-state index >= 15 is 0 Å². The average molecular weight is 430 g/mol. The van der Waals surface area contributed by atoms with Crippen LogP contribution in [0.3, 0.4) is 0 Å². The number of carbonyl (C=O) groups excluding carboxylic acids is 2. The van der Waals surface area contributed by atoms with Crippen LogP contribution in [0.1, 0.15) is 29.9 Å². The van der Waals surface area contributed by atoms with Crippen LogP contribution in [0.15, 0.2) is 76.9 Å². The zero-order valence-corrected chi connectivity index (χ0v) is 17.4. The van der Waals surface area contributed by atoms with Gasteiger partial charge in [0.25, 0.3) is 5.78 Å². The van der Waals surface area contributed by atoms with E-state index in [2.05, 4.69) is 11.9 Å². The Bertz CT molecular complexity index is 1320. The zero-order valence-electron chi connectivity index (χ0n) is 16.6. The smallest absolute Gasteiger partial charge is 0.302 e. The summed E-state index contributed by atoms with van der Waals surface area (Å²) in [6.45, 7) is 2.07. The molecule has 2 aromatic carbocycles. The Hall–Kier alpha value is -3.71. The first-order chi connectivity index (χ1) is 15.1. The van der Waals surface area contributed by atoms with E-state index in [0.717, 1.165) is 22.2 Å². The number of benzene rings is 2. The van der Waals surface area contributed by atoms with Gasteiger partial charge in [0.05, 0.1) is 22.1 Å². The Morgan fingerprint density at radius 3 is 2.65 bits per heavy atom. The van der Waals surface area contributed by atoms with Gasteiger partial charge in [-0.1, -0.05) is 54.7 Å². The quantitative estimate of drug-likeness (QED) is 0.277. The second-order valence-electron chi connectivity index (χ2n) is 7.20. The summed E-state index contributed by atoms with van der Waals surface area (Å²) in [5, 5.41) is 11.4. The van der Waals surface area contributed by atoms with Crippen LogP contribution in [-0.4, -0.2) is 21.8 Å². The Morgan fingerprint density at radius 1 is 1.13 bits per heavy atom. The molecule has 1 atom stereocenters. The number of furan rings is 1. The number of hydrogen-bond acceptors (Lipinski definition) is 6. The summed E-state index contributed by atoms with van der Waals surface area (Å²) < 4.78 is 6.51. The number of Topliss-reactive ketones (excluding diaryl/α,β-unsaturated/α-hetero) is 1. The summed E-state index contributed by atoms with van der Waals surface area (Å²) in [7, 11) is 0. The highest BCUT2D eigenvalue weighted by Crippen LogP contribution is 2.44. The second kappa shape index (κ2) is 7.52. The molecule has 1 fully saturated rings. The highest BCUT2D eigenvalue weighted by molar-refractivity contribution is 7.22. The van der Waals surface area contributed by atoms with Crippen molar-refractivity contribution in [3.05, 3.63) is 89.4 Å². The summed E-state index contributed by atoms with van der Waals surface area (Å²) >= 11 is 1.34. The van der Waals surface area contributed by atoms with E-state index in [-0.39, 0.29) is 11.3 Å². The third kappa shape index (κ3) is 3.14. The number of aryl methyl sites for hydroxylation is 1. The van der Waals surface area contributed by atoms with Gasteiger partial charge in [-0.3, -0.25) is 14.5 Å². The first kappa shape index (κ1) is 19.3. The number of aromatic nitrogens is 1. The maximum absolute atomic E-state index is 13.1. The molecule has 0 aliphatic carbocycles. The van der Waals surface area contributed by atoms with Crippen LogP contribution < -0.4 is 4.90 Å². The van der Waals surface area contributed by atoms with Crippen LogP contribution in [0.5, 0.6) is 0 Å². The van der Waals surface area contributed by atoms with Gasteiger partial charge in [0.1, 0.15) is 17.6 Å². The molecule has 5 rings (SSSR count). The number of aliphatic hydroxyl groups is 1. The van der Waals surface area contributed by atoms with Gasteiger partial charge in [-0.05, 0) is 36.2 Å². The number of rotatable bonds is 4. The molecule has 1 aliphatic heterocycles. The molecular weight excluding hydrogens is 412 g/mol. The van der Waals surface area contributed by atoms with Crippen LogP contribution >= 0.6 is 11.3 Å². The molecule has 1 amide bonds. The molecule has 0 radical (unpaired) electrons. The van der Waals surface area contributed by atoms with Crippen molar-refractivity contribution in [1.82, 2.24) is 4.98 Å². The SMILES string of the molecule is CCc1ccc2nc(N3C(=O)C(=O)C(=C(O)c4ccccc4)C3c3ccco3)sc2c1. The summed E-state index contributed by atoms with van der Waals surface area (Å²) in [4.78, 5) is 32.1. The molecule has 31 heavy (non-hydrogen) atoms. The lowest BCUT2D eigenvalue weighted by molar-refractivity contribution is -0.132. The van der Waals surface area contributed by atoms with Gasteiger partial charge in [-0.2, -0.15) is 0 Å². The summed E-state index contributed by atoms with van der Waals surface area (Å²) in [5.74, 6) is -1.37. The average Bonchev–Trinajstić information content (AvgIpc) is 3.52. The predicted octanol–water partition coefficient (Wildman–Crippen LogP) is 5.08. The van der Waals surface area contributed by atoms with Crippen molar-refractivity contribution in [1.29, 1.82) is 0 Å². The van der Waals surface area contributed by atoms with Gasteiger partial charge < -0.3 is 9.52 Å². The molecule has 6 nitrogen and oxygen atoms in total. The Kier molecular flexibility index (Phi) is 4.67. The van der Waals surface area contributed by atoms with Gasteiger partial charge in [-0.25, -0.2) is 4.98 Å². The van der Waals surface area contributed by atoms with E-state index < -0.39 is 17.7 Å². The van der Waals surface area contributed by atoms with Gasteiger partial charge in [0, 0.05) is 5.56 Å². The summed E-state index contributed by atoms with van der Waals surface area (Å²) in [6, 6.07) is 17.1. The third-order valence-electron chi connectivity index (χ3n) is 5.36. The lowest BCUT2D eigenvalue weighted by atomic mass is 9.99. The second-order valence-corrected chi connectivity index (χ2v) is 8.21. The third-order valence-corrected chi connectivity index (χ3v) is 6.38. The molecule has 4 aromatic rings. The minimum Gasteiger partial charge on any atom is -0.507 e. The molecule has 2 aromatic heterocycles. The van der Waals surface area contributed by atoms with Crippen LogP contribution in [-0.2, 0) is 16.0 Å². The Morgan fingerprint density at radius 2 is 1.94 bits per heavy atom. The van der Waals surface area contributed by atoms with Crippen molar-refractivity contribution >= 4 is 44.1 Å². The molecule has 3 heterocycles. The highest BCUT2D eigenvalue weighted by atomic mass is 32.1. The number of carbonyl (C=O) groups is 2. The van der Waals surface area contributed by atoms with Gasteiger partial charge >= 0.3 is 5.91 Å². The van der Waals surface area contributed by atoms with E-state index in [1.54, 1.807) is 36.4 Å². The molecule has 1 unspecified atom stereocenters. The molecule has 1 saturated heterocycles. The van der Waals surface area contributed by atoms with E-state index in [1.165, 1.54) is 22.5 Å². The van der Waals surface area contributed by atoms with E-state index in [9.17, 15) is 14.7 Å². The lowest BCUT2D eigenvalue weighted by Gasteiger charge is -2.20. The molecule has 7 heteroatoms. The first-order valence-corrected chi connectivity index (χ1v) is 10.7. The lowest BCUT2D eigenvalue weighted by Crippen LogP contribution is -2.29. The van der Waals surface area contributed by atoms with Gasteiger partial charge in [0.2, 0.25) is 0 Å². The van der Waals surface area contributed by atoms with E-state index in [0.29, 0.717) is 16.5 Å². The van der Waals surface area contributed by atoms with Crippen LogP contribution in [0.4, 0.5) is 5.13 Å². The number of anilines is 1. The van der Waals surface area contributed by atoms with Crippen LogP contribution in [0, 0.1) is 0 Å². The fourth-order valence-corrected chi connectivity index (χ4v) is 4.83. The van der Waals surface area contributed by atoms with Crippen molar-refractivity contribution < 1.29 is 19.1 Å². The van der Waals surface area contributed by atoms with E-state index in [4.69, 9.17) is 4.42 Å². The van der Waals surface area contributed by atoms with Gasteiger partial charge in [-0.15, -0.1) is 0 Å². The predicted molar refractivity (Wildman–Crippen MR) is 119 cm³/mol. The molecule has 154 valence electrons. The van der Waals surface area contributed by atoms with Crippen molar-refractivity contribution in [2.75, 3.05) is 4.90 Å². The number of amides is 1. The number of thiazole rings is 1. The minimum atomic E-state index is -0.901. The molecule has 1 N–H and O–H groups in total. The van der Waals surface area contributed by atoms with Crippen molar-refractivity contribution in [2.24, 2.45) is 0 Å². The maximum Gasteiger partial charge on any atom is 0.302 e. The van der Waals surface area contributed by atoms with E-state index in [1.807, 2.05) is 24.3 Å². The van der Waals surface area contributed by atoms with Crippen molar-refractivity contribution in [3.63, 3.8) is 0 Å². The van der Waals surface area contributed by atoms with Crippen LogP contribution in [0.2, 0.25) is 0 Å². The van der Waals surface area contributed by atoms with Crippen molar-refractivity contribution in [2.45, 2.75) is 19.4 Å². The fraction of sp³-hybridized carbons (Fsp3) is 0.125. The topological polar surface area (TPSA) is 83.6 Å². The standard InChI is InChI=1S/C24H18N2O4S/c1-2-14-10-11-16-18(13-14)31-24(25-16)26-20(17-9-6-12-30-17)19(22(28)23(26)29)21(27)15-7-4-3-5-8-15/h3-13,20,27H,2H2,1H3. The number of ketones is 1. The summed E-state index contributed by atoms with van der Waals surface area (Å²) in [6.07, 6.45) is 2.36. The van der Waals surface area contributed by atoms with Gasteiger partial charge in [0.15, 0.2) is 5.13 Å². The molecule has 0 bridgehead atoms. The number of hydrogen-bond donors (Lipinski definition) is 1. The first-order valence-electron chi connectivity index (χ1n) is 9.87. The van der Waals surface area contributed by atoms with Crippen LogP contribution in [0.25, 0.3) is 16.0 Å². The molecular formula is C24H18N2O4S. The monoisotopic (exact) mass is 430 g/mol. The Balaban J connectivity index is 1.70. The summed E-state index contributed by atoms with van der Waals surface area (Å²) in [5.41, 5.74) is 2.35. The fourth-order valence-electron chi connectivity index (χ4n) is 3.78. The molecule has 0 spiro atoms. The van der Waals surface area contributed by atoms with Crippen molar-refractivity contribution in [3.8, 4) is 0 Å². The minimum absolute atomic E-state index is 0.0142.